The van der Waals surface area contributed by atoms with Gasteiger partial charge >= 0.3 is 0 Å². The number of fused-ring (bicyclic) bond motifs is 1. The van der Waals surface area contributed by atoms with Crippen LogP contribution in [0.1, 0.15) is 10.4 Å². The molecule has 180 valence electrons. The van der Waals surface area contributed by atoms with E-state index in [-0.39, 0.29) is 16.5 Å². The van der Waals surface area contributed by atoms with Crippen molar-refractivity contribution in [2.24, 2.45) is 0 Å². The van der Waals surface area contributed by atoms with E-state index in [0.29, 0.717) is 17.0 Å². The molecule has 0 spiro atoms. The molecule has 0 aliphatic carbocycles. The first kappa shape index (κ1) is 23.1. The van der Waals surface area contributed by atoms with Crippen LogP contribution in [0.3, 0.4) is 0 Å². The minimum atomic E-state index is -3.83. The number of nitrogens with zero attached hydrogens (tertiary/aromatic N) is 1. The first-order chi connectivity index (χ1) is 17.4. The third-order valence-corrected chi connectivity index (χ3v) is 6.95. The molecule has 1 aromatic heterocycles. The Morgan fingerprint density at radius 1 is 0.861 bits per heavy atom. The van der Waals surface area contributed by atoms with Gasteiger partial charge in [-0.2, -0.15) is 0 Å². The highest BCUT2D eigenvalue weighted by Gasteiger charge is 2.16. The molecule has 1 amide bonds. The summed E-state index contributed by atoms with van der Waals surface area (Å²) in [5.41, 5.74) is 3.91. The van der Waals surface area contributed by atoms with Crippen molar-refractivity contribution in [2.45, 2.75) is 4.90 Å². The van der Waals surface area contributed by atoms with E-state index in [1.165, 1.54) is 25.3 Å². The third-order valence-electron chi connectivity index (χ3n) is 5.55. The molecule has 0 saturated heterocycles. The maximum atomic E-state index is 12.8. The fraction of sp³-hybridized carbons (Fsp3) is 0.0370. The minimum absolute atomic E-state index is 0.0858. The van der Waals surface area contributed by atoms with E-state index in [4.69, 9.17) is 4.74 Å². The zero-order chi connectivity index (χ0) is 25.1. The van der Waals surface area contributed by atoms with Crippen LogP contribution in [0.2, 0.25) is 0 Å². The molecule has 0 saturated carbocycles. The van der Waals surface area contributed by atoms with Gasteiger partial charge in [0.25, 0.3) is 15.9 Å². The summed E-state index contributed by atoms with van der Waals surface area (Å²) in [5.74, 6) is 0.932. The lowest BCUT2D eigenvalue weighted by Gasteiger charge is -2.11. The lowest BCUT2D eigenvalue weighted by atomic mass is 10.1. The molecule has 4 aromatic carbocycles. The first-order valence-corrected chi connectivity index (χ1v) is 12.5. The van der Waals surface area contributed by atoms with E-state index < -0.39 is 10.0 Å². The average Bonchev–Trinajstić information content (AvgIpc) is 3.33. The van der Waals surface area contributed by atoms with Gasteiger partial charge < -0.3 is 15.0 Å². The summed E-state index contributed by atoms with van der Waals surface area (Å²) in [7, 11) is -2.32. The highest BCUT2D eigenvalue weighted by molar-refractivity contribution is 7.92. The molecular formula is C27H22N4O4S. The van der Waals surface area contributed by atoms with Gasteiger partial charge in [0.1, 0.15) is 11.6 Å². The third kappa shape index (κ3) is 4.91. The van der Waals surface area contributed by atoms with Gasteiger partial charge in [0.15, 0.2) is 0 Å². The number of hydrogen-bond donors (Lipinski definition) is 3. The van der Waals surface area contributed by atoms with Crippen molar-refractivity contribution in [1.82, 2.24) is 9.97 Å². The number of aromatic nitrogens is 2. The van der Waals surface area contributed by atoms with Gasteiger partial charge in [-0.25, -0.2) is 13.4 Å². The highest BCUT2D eigenvalue weighted by atomic mass is 32.2. The molecule has 1 heterocycles. The summed E-state index contributed by atoms with van der Waals surface area (Å²) in [4.78, 5) is 20.8. The van der Waals surface area contributed by atoms with Crippen LogP contribution in [0.15, 0.2) is 102 Å². The van der Waals surface area contributed by atoms with Crippen LogP contribution < -0.4 is 14.8 Å². The number of imidazole rings is 1. The SMILES string of the molecule is COc1ccc(S(=O)(=O)Nc2cccc(C(=O)Nc3ccc(-c4nc5ccccc5[nH]4)cc3)c2)cc1. The number of carbonyl (C=O) groups is 1. The van der Waals surface area contributed by atoms with E-state index in [1.54, 1.807) is 42.5 Å². The standard InChI is InChI=1S/C27H22N4O4S/c1-35-22-13-15-23(16-14-22)36(33,34)31-21-6-4-5-19(17-21)27(32)28-20-11-9-18(10-12-20)26-29-24-7-2-3-8-25(24)30-26/h2-17,31H,1H3,(H,28,32)(H,29,30). The van der Waals surface area contributed by atoms with Crippen molar-refractivity contribution in [3.05, 3.63) is 103 Å². The van der Waals surface area contributed by atoms with E-state index in [9.17, 15) is 13.2 Å². The summed E-state index contributed by atoms with van der Waals surface area (Å²) in [5, 5.41) is 2.84. The second kappa shape index (κ2) is 9.55. The minimum Gasteiger partial charge on any atom is -0.497 e. The van der Waals surface area contributed by atoms with Crippen LogP contribution in [0.25, 0.3) is 22.4 Å². The number of para-hydroxylation sites is 2. The number of H-pyrrole nitrogens is 1. The molecule has 0 radical (unpaired) electrons. The molecular weight excluding hydrogens is 476 g/mol. The van der Waals surface area contributed by atoms with Gasteiger partial charge in [0.05, 0.1) is 23.0 Å². The molecule has 0 aliphatic heterocycles. The molecule has 3 N–H and O–H groups in total. The number of rotatable bonds is 7. The quantitative estimate of drug-likeness (QED) is 0.282. The van der Waals surface area contributed by atoms with Crippen molar-refractivity contribution in [3.63, 3.8) is 0 Å². The van der Waals surface area contributed by atoms with E-state index in [0.717, 1.165) is 22.4 Å². The number of anilines is 2. The second-order valence-electron chi connectivity index (χ2n) is 8.00. The monoisotopic (exact) mass is 498 g/mol. The Labute approximate surface area is 208 Å². The Morgan fingerprint density at radius 2 is 1.61 bits per heavy atom. The Hall–Kier alpha value is -4.63. The predicted molar refractivity (Wildman–Crippen MR) is 140 cm³/mol. The van der Waals surface area contributed by atoms with Crippen LogP contribution in [0.5, 0.6) is 5.75 Å². The van der Waals surface area contributed by atoms with Crippen molar-refractivity contribution in [2.75, 3.05) is 17.1 Å². The Morgan fingerprint density at radius 3 is 2.33 bits per heavy atom. The lowest BCUT2D eigenvalue weighted by Crippen LogP contribution is -2.15. The number of aromatic amines is 1. The number of ether oxygens (including phenoxy) is 1. The zero-order valence-electron chi connectivity index (χ0n) is 19.2. The maximum absolute atomic E-state index is 12.8. The molecule has 0 unspecified atom stereocenters. The maximum Gasteiger partial charge on any atom is 0.261 e. The Balaban J connectivity index is 1.28. The molecule has 36 heavy (non-hydrogen) atoms. The summed E-state index contributed by atoms with van der Waals surface area (Å²) >= 11 is 0. The molecule has 8 nitrogen and oxygen atoms in total. The summed E-state index contributed by atoms with van der Waals surface area (Å²) in [6.07, 6.45) is 0. The van der Waals surface area contributed by atoms with Crippen LogP contribution in [-0.4, -0.2) is 31.4 Å². The van der Waals surface area contributed by atoms with Gasteiger partial charge in [0.2, 0.25) is 0 Å². The zero-order valence-corrected chi connectivity index (χ0v) is 20.0. The largest absolute Gasteiger partial charge is 0.497 e. The van der Waals surface area contributed by atoms with Gasteiger partial charge in [-0.1, -0.05) is 18.2 Å². The fourth-order valence-corrected chi connectivity index (χ4v) is 4.75. The first-order valence-electron chi connectivity index (χ1n) is 11.0. The van der Waals surface area contributed by atoms with Gasteiger partial charge in [0, 0.05) is 22.5 Å². The molecule has 0 aliphatic rings. The highest BCUT2D eigenvalue weighted by Crippen LogP contribution is 2.23. The van der Waals surface area contributed by atoms with E-state index >= 15 is 0 Å². The number of amides is 1. The van der Waals surface area contributed by atoms with Crippen molar-refractivity contribution in [3.8, 4) is 17.1 Å². The number of benzene rings is 4. The normalized spacial score (nSPS) is 11.2. The Bertz CT molecular complexity index is 1610. The number of nitrogens with one attached hydrogen (secondary N) is 3. The van der Waals surface area contributed by atoms with Crippen molar-refractivity contribution in [1.29, 1.82) is 0 Å². The number of carbonyl (C=O) groups excluding carboxylic acids is 1. The van der Waals surface area contributed by atoms with Crippen molar-refractivity contribution < 1.29 is 17.9 Å². The van der Waals surface area contributed by atoms with Crippen LogP contribution >= 0.6 is 0 Å². The number of hydrogen-bond acceptors (Lipinski definition) is 5. The van der Waals surface area contributed by atoms with Gasteiger partial charge in [-0.05, 0) is 78.9 Å². The van der Waals surface area contributed by atoms with E-state index in [1.807, 2.05) is 36.4 Å². The fourth-order valence-electron chi connectivity index (χ4n) is 3.70. The van der Waals surface area contributed by atoms with Crippen LogP contribution in [0, 0.1) is 0 Å². The van der Waals surface area contributed by atoms with E-state index in [2.05, 4.69) is 20.0 Å². The molecule has 0 fully saturated rings. The summed E-state index contributed by atoms with van der Waals surface area (Å²) in [6.45, 7) is 0. The van der Waals surface area contributed by atoms with Crippen molar-refractivity contribution >= 4 is 38.3 Å². The number of methoxy groups -OCH3 is 1. The molecule has 5 aromatic rings. The summed E-state index contributed by atoms with van der Waals surface area (Å²) < 4.78 is 33.0. The average molecular weight is 499 g/mol. The molecule has 5 rings (SSSR count). The Kier molecular flexibility index (Phi) is 6.14. The molecule has 9 heteroatoms. The van der Waals surface area contributed by atoms with Gasteiger partial charge in [-0.3, -0.25) is 9.52 Å². The smallest absolute Gasteiger partial charge is 0.261 e. The number of sulfonamides is 1. The topological polar surface area (TPSA) is 113 Å². The van der Waals surface area contributed by atoms with Gasteiger partial charge in [-0.15, -0.1) is 0 Å². The lowest BCUT2D eigenvalue weighted by molar-refractivity contribution is 0.102. The molecule has 0 bridgehead atoms. The van der Waals surface area contributed by atoms with Crippen LogP contribution in [-0.2, 0) is 10.0 Å². The van der Waals surface area contributed by atoms with Crippen LogP contribution in [0.4, 0.5) is 11.4 Å². The predicted octanol–water partition coefficient (Wildman–Crippen LogP) is 5.29. The summed E-state index contributed by atoms with van der Waals surface area (Å²) in [6, 6.07) is 27.4. The second-order valence-corrected chi connectivity index (χ2v) is 9.68. The molecule has 0 atom stereocenters.